The van der Waals surface area contributed by atoms with Crippen LogP contribution in [0.4, 0.5) is 16.2 Å². The van der Waals surface area contributed by atoms with Crippen LogP contribution in [0.15, 0.2) is 133 Å². The van der Waals surface area contributed by atoms with Crippen molar-refractivity contribution in [3.8, 4) is 5.75 Å². The van der Waals surface area contributed by atoms with Crippen LogP contribution in [0.5, 0.6) is 5.75 Å². The lowest BCUT2D eigenvalue weighted by molar-refractivity contribution is 0.0594. The van der Waals surface area contributed by atoms with E-state index in [1.165, 1.54) is 7.11 Å². The minimum atomic E-state index is -0.576. The summed E-state index contributed by atoms with van der Waals surface area (Å²) in [5.41, 5.74) is 5.22. The van der Waals surface area contributed by atoms with Gasteiger partial charge in [-0.3, -0.25) is 0 Å². The maximum Gasteiger partial charge on any atom is 0.341 e. The predicted molar refractivity (Wildman–Crippen MR) is 168 cm³/mol. The molecule has 5 aromatic rings. The molecule has 6 heteroatoms. The maximum absolute atomic E-state index is 12.8. The fourth-order valence-electron chi connectivity index (χ4n) is 4.42. The van der Waals surface area contributed by atoms with Crippen LogP contribution in [-0.2, 0) is 4.74 Å². The third kappa shape index (κ3) is 7.31. The first-order chi connectivity index (χ1) is 20.6. The Labute approximate surface area is 245 Å². The fraction of sp³-hybridized carbons (Fsp3) is 0.0556. The number of anilines is 2. The number of nitrogens with one attached hydrogen (secondary N) is 2. The average Bonchev–Trinajstić information content (AvgIpc) is 3.04. The number of amides is 2. The summed E-state index contributed by atoms with van der Waals surface area (Å²) in [6, 6.07) is 41.5. The molecule has 0 heterocycles. The largest absolute Gasteiger partial charge is 0.480 e. The van der Waals surface area contributed by atoms with E-state index in [4.69, 9.17) is 9.47 Å². The van der Waals surface area contributed by atoms with E-state index in [1.807, 2.05) is 127 Å². The fourth-order valence-corrected chi connectivity index (χ4v) is 4.42. The number of hydrogen-bond donors (Lipinski definition) is 2. The Morgan fingerprint density at radius 1 is 0.619 bits per heavy atom. The zero-order chi connectivity index (χ0) is 29.1. The third-order valence-corrected chi connectivity index (χ3v) is 6.53. The number of ether oxygens (including phenoxy) is 2. The summed E-state index contributed by atoms with van der Waals surface area (Å²) < 4.78 is 11.5. The minimum absolute atomic E-state index is 0.196. The van der Waals surface area contributed by atoms with Gasteiger partial charge in [0.05, 0.1) is 7.11 Å². The number of benzene rings is 5. The Morgan fingerprint density at radius 3 is 1.69 bits per heavy atom. The second kappa shape index (κ2) is 13.6. The van der Waals surface area contributed by atoms with Crippen LogP contribution in [0.25, 0.3) is 12.2 Å². The Morgan fingerprint density at radius 2 is 1.12 bits per heavy atom. The van der Waals surface area contributed by atoms with Crippen molar-refractivity contribution < 1.29 is 19.1 Å². The van der Waals surface area contributed by atoms with Crippen LogP contribution in [0.3, 0.4) is 0 Å². The van der Waals surface area contributed by atoms with E-state index in [2.05, 4.69) is 10.6 Å². The molecular formula is C36H30N2O4. The van der Waals surface area contributed by atoms with Gasteiger partial charge in [0.2, 0.25) is 0 Å². The molecule has 0 saturated heterocycles. The second-order valence-electron chi connectivity index (χ2n) is 9.47. The van der Waals surface area contributed by atoms with Crippen molar-refractivity contribution in [1.29, 1.82) is 0 Å². The van der Waals surface area contributed by atoms with E-state index in [9.17, 15) is 9.59 Å². The summed E-state index contributed by atoms with van der Waals surface area (Å²) in [4.78, 5) is 25.5. The summed E-state index contributed by atoms with van der Waals surface area (Å²) in [6.07, 6.45) is 3.59. The molecule has 2 amide bonds. The van der Waals surface area contributed by atoms with Gasteiger partial charge in [-0.25, -0.2) is 9.59 Å². The van der Waals surface area contributed by atoms with E-state index < -0.39 is 18.1 Å². The van der Waals surface area contributed by atoms with Crippen LogP contribution in [0.2, 0.25) is 0 Å². The number of rotatable bonds is 9. The number of urea groups is 1. The molecule has 0 saturated carbocycles. The molecule has 0 aliphatic carbocycles. The molecule has 0 spiro atoms. The molecule has 0 radical (unpaired) electrons. The van der Waals surface area contributed by atoms with Crippen LogP contribution < -0.4 is 15.4 Å². The first-order valence-electron chi connectivity index (χ1n) is 13.5. The van der Waals surface area contributed by atoms with Crippen molar-refractivity contribution in [2.45, 2.75) is 6.10 Å². The predicted octanol–water partition coefficient (Wildman–Crippen LogP) is 8.46. The van der Waals surface area contributed by atoms with Gasteiger partial charge in [0, 0.05) is 11.4 Å². The Hall–Kier alpha value is -5.62. The monoisotopic (exact) mass is 554 g/mol. The lowest BCUT2D eigenvalue weighted by Gasteiger charge is -2.22. The van der Waals surface area contributed by atoms with Gasteiger partial charge in [0.15, 0.2) is 0 Å². The molecule has 0 fully saturated rings. The standard InChI is InChI=1S/C36H30N2O4/c1-41-35(39)32-25-31(23-24-33(32)42-34(28-13-7-3-8-14-28)29-15-9-4-10-16-29)38-36(40)37-30-21-19-27(20-22-30)18-17-26-11-5-2-6-12-26/h2-25,34H,1H3,(H2,37,38,40). The highest BCUT2D eigenvalue weighted by Crippen LogP contribution is 2.32. The molecule has 5 aromatic carbocycles. The van der Waals surface area contributed by atoms with Gasteiger partial charge < -0.3 is 20.1 Å². The molecule has 2 N–H and O–H groups in total. The highest BCUT2D eigenvalue weighted by atomic mass is 16.5. The van der Waals surface area contributed by atoms with E-state index in [0.29, 0.717) is 17.1 Å². The summed E-state index contributed by atoms with van der Waals surface area (Å²) in [6.45, 7) is 0. The maximum atomic E-state index is 12.8. The molecule has 0 atom stereocenters. The molecular weight excluding hydrogens is 524 g/mol. The molecule has 0 unspecified atom stereocenters. The van der Waals surface area contributed by atoms with Crippen molar-refractivity contribution in [2.75, 3.05) is 17.7 Å². The van der Waals surface area contributed by atoms with E-state index in [1.54, 1.807) is 18.2 Å². The van der Waals surface area contributed by atoms with Crippen molar-refractivity contribution in [2.24, 2.45) is 0 Å². The Bertz CT molecular complexity index is 1610. The Kier molecular flexibility index (Phi) is 9.07. The number of methoxy groups -OCH3 is 1. The van der Waals surface area contributed by atoms with Crippen molar-refractivity contribution in [1.82, 2.24) is 0 Å². The third-order valence-electron chi connectivity index (χ3n) is 6.53. The molecule has 42 heavy (non-hydrogen) atoms. The van der Waals surface area contributed by atoms with Crippen LogP contribution in [0.1, 0.15) is 38.7 Å². The number of esters is 1. The lowest BCUT2D eigenvalue weighted by Crippen LogP contribution is -2.20. The van der Waals surface area contributed by atoms with Gasteiger partial charge in [-0.1, -0.05) is 115 Å². The van der Waals surface area contributed by atoms with Crippen molar-refractivity contribution in [3.05, 3.63) is 161 Å². The average molecular weight is 555 g/mol. The summed E-state index contributed by atoms with van der Waals surface area (Å²) in [5.74, 6) is -0.238. The summed E-state index contributed by atoms with van der Waals surface area (Å²) >= 11 is 0. The number of hydrogen-bond acceptors (Lipinski definition) is 4. The zero-order valence-electron chi connectivity index (χ0n) is 23.1. The highest BCUT2D eigenvalue weighted by Gasteiger charge is 2.21. The summed E-state index contributed by atoms with van der Waals surface area (Å²) in [5, 5.41) is 5.61. The van der Waals surface area contributed by atoms with E-state index >= 15 is 0 Å². The smallest absolute Gasteiger partial charge is 0.341 e. The molecule has 0 aliphatic heterocycles. The minimum Gasteiger partial charge on any atom is -0.480 e. The molecule has 5 rings (SSSR count). The van der Waals surface area contributed by atoms with E-state index in [0.717, 1.165) is 22.3 Å². The molecule has 6 nitrogen and oxygen atoms in total. The molecule has 0 bridgehead atoms. The van der Waals surface area contributed by atoms with Gasteiger partial charge >= 0.3 is 12.0 Å². The van der Waals surface area contributed by atoms with Crippen LogP contribution >= 0.6 is 0 Å². The van der Waals surface area contributed by atoms with Gasteiger partial charge in [-0.2, -0.15) is 0 Å². The Balaban J connectivity index is 1.30. The highest BCUT2D eigenvalue weighted by molar-refractivity contribution is 6.01. The zero-order valence-corrected chi connectivity index (χ0v) is 23.1. The van der Waals surface area contributed by atoms with E-state index in [-0.39, 0.29) is 5.56 Å². The van der Waals surface area contributed by atoms with Crippen LogP contribution in [-0.4, -0.2) is 19.1 Å². The van der Waals surface area contributed by atoms with Gasteiger partial charge in [-0.15, -0.1) is 0 Å². The first-order valence-corrected chi connectivity index (χ1v) is 13.5. The first kappa shape index (κ1) is 27.9. The quantitative estimate of drug-likeness (QED) is 0.142. The lowest BCUT2D eigenvalue weighted by atomic mass is 10.0. The van der Waals surface area contributed by atoms with Gasteiger partial charge in [0.1, 0.15) is 17.4 Å². The van der Waals surface area contributed by atoms with Gasteiger partial charge in [-0.05, 0) is 52.6 Å². The molecule has 0 aliphatic rings. The number of carbonyl (C=O) groups excluding carboxylic acids is 2. The summed E-state index contributed by atoms with van der Waals surface area (Å²) in [7, 11) is 1.31. The van der Waals surface area contributed by atoms with Crippen molar-refractivity contribution >= 4 is 35.5 Å². The number of carbonyl (C=O) groups is 2. The molecule has 208 valence electrons. The normalized spacial score (nSPS) is 10.8. The molecule has 0 aromatic heterocycles. The SMILES string of the molecule is COC(=O)c1cc(NC(=O)Nc2ccc(C=Cc3ccccc3)cc2)ccc1OC(c1ccccc1)c1ccccc1. The van der Waals surface area contributed by atoms with Gasteiger partial charge in [0.25, 0.3) is 0 Å². The van der Waals surface area contributed by atoms with Crippen LogP contribution in [0, 0.1) is 0 Å². The van der Waals surface area contributed by atoms with Crippen molar-refractivity contribution in [3.63, 3.8) is 0 Å². The topological polar surface area (TPSA) is 76.7 Å². The second-order valence-corrected chi connectivity index (χ2v) is 9.47.